The number of carbonyl (C=O) groups excluding carboxylic acids is 1. The molecule has 0 saturated carbocycles. The van der Waals surface area contributed by atoms with E-state index >= 15 is 0 Å². The van der Waals surface area contributed by atoms with E-state index in [-0.39, 0.29) is 5.91 Å². The maximum atomic E-state index is 12.3. The third-order valence-electron chi connectivity index (χ3n) is 3.44. The van der Waals surface area contributed by atoms with Crippen molar-refractivity contribution >= 4 is 16.8 Å². The summed E-state index contributed by atoms with van der Waals surface area (Å²) in [4.78, 5) is 17.2. The number of H-pyrrole nitrogens is 1. The predicted molar refractivity (Wildman–Crippen MR) is 67.9 cm³/mol. The minimum atomic E-state index is 0.0571. The molecule has 1 N–H and O–H groups in total. The van der Waals surface area contributed by atoms with Crippen molar-refractivity contribution in [3.05, 3.63) is 36.0 Å². The first-order valence-corrected chi connectivity index (χ1v) is 6.02. The number of nitrogens with zero attached hydrogens (tertiary/aromatic N) is 2. The molecule has 18 heavy (non-hydrogen) atoms. The Hall–Kier alpha value is -2.28. The molecule has 1 aliphatic rings. The number of likely N-dealkylation sites (tertiary alicyclic amines) is 1. The van der Waals surface area contributed by atoms with E-state index in [1.165, 1.54) is 0 Å². The Kier molecular flexibility index (Phi) is 2.52. The standard InChI is InChI=1S/C14H13N3O/c15-6-5-10-8-17(9-10)14(18)12-7-16-13-4-2-1-3-11(12)13/h1-4,7,10,16H,5,8-9H2. The summed E-state index contributed by atoms with van der Waals surface area (Å²) in [6.07, 6.45) is 2.31. The fraction of sp³-hybridized carbons (Fsp3) is 0.286. The van der Waals surface area contributed by atoms with Crippen molar-refractivity contribution in [3.8, 4) is 6.07 Å². The number of benzene rings is 1. The molecule has 2 heterocycles. The van der Waals surface area contributed by atoms with Gasteiger partial charge in [-0.3, -0.25) is 4.79 Å². The molecule has 4 nitrogen and oxygen atoms in total. The molecule has 1 fully saturated rings. The number of aromatic amines is 1. The molecule has 3 rings (SSSR count). The van der Waals surface area contributed by atoms with Crippen molar-refractivity contribution in [2.24, 2.45) is 5.92 Å². The van der Waals surface area contributed by atoms with Crippen LogP contribution in [0.4, 0.5) is 0 Å². The van der Waals surface area contributed by atoms with Crippen LogP contribution < -0.4 is 0 Å². The van der Waals surface area contributed by atoms with Crippen molar-refractivity contribution in [2.75, 3.05) is 13.1 Å². The minimum absolute atomic E-state index is 0.0571. The van der Waals surface area contributed by atoms with Gasteiger partial charge in [0.05, 0.1) is 11.6 Å². The third-order valence-corrected chi connectivity index (χ3v) is 3.44. The maximum absolute atomic E-state index is 12.3. The summed E-state index contributed by atoms with van der Waals surface area (Å²) in [6, 6.07) is 9.93. The van der Waals surface area contributed by atoms with Gasteiger partial charge in [-0.15, -0.1) is 0 Å². The number of fused-ring (bicyclic) bond motifs is 1. The average Bonchev–Trinajstić information content (AvgIpc) is 2.76. The van der Waals surface area contributed by atoms with Gasteiger partial charge in [0.1, 0.15) is 0 Å². The highest BCUT2D eigenvalue weighted by molar-refractivity contribution is 6.06. The van der Waals surface area contributed by atoms with E-state index in [0.29, 0.717) is 25.4 Å². The second kappa shape index (κ2) is 4.19. The quantitative estimate of drug-likeness (QED) is 0.872. The summed E-state index contributed by atoms with van der Waals surface area (Å²) < 4.78 is 0. The van der Waals surface area contributed by atoms with E-state index in [2.05, 4.69) is 11.1 Å². The van der Waals surface area contributed by atoms with Crippen LogP contribution in [0.1, 0.15) is 16.8 Å². The fourth-order valence-electron chi connectivity index (χ4n) is 2.41. The molecule has 90 valence electrons. The average molecular weight is 239 g/mol. The van der Waals surface area contributed by atoms with Crippen LogP contribution >= 0.6 is 0 Å². The van der Waals surface area contributed by atoms with Crippen LogP contribution in [0.25, 0.3) is 10.9 Å². The third kappa shape index (κ3) is 1.65. The van der Waals surface area contributed by atoms with Crippen molar-refractivity contribution in [1.29, 1.82) is 5.26 Å². The Bertz CT molecular complexity index is 632. The summed E-state index contributed by atoms with van der Waals surface area (Å²) in [5.74, 6) is 0.408. The first-order valence-electron chi connectivity index (χ1n) is 6.02. The number of amides is 1. The lowest BCUT2D eigenvalue weighted by Crippen LogP contribution is -2.49. The Morgan fingerprint density at radius 3 is 3.00 bits per heavy atom. The van der Waals surface area contributed by atoms with Crippen LogP contribution in [0.15, 0.2) is 30.5 Å². The molecule has 0 spiro atoms. The number of carbonyl (C=O) groups is 1. The van der Waals surface area contributed by atoms with E-state index in [1.807, 2.05) is 24.3 Å². The van der Waals surface area contributed by atoms with E-state index in [0.717, 1.165) is 16.5 Å². The molecule has 1 aliphatic heterocycles. The number of rotatable bonds is 2. The molecule has 4 heteroatoms. The first kappa shape index (κ1) is 10.8. The highest BCUT2D eigenvalue weighted by atomic mass is 16.2. The van der Waals surface area contributed by atoms with Gasteiger partial charge in [0.25, 0.3) is 5.91 Å². The topological polar surface area (TPSA) is 59.9 Å². The molecule has 2 aromatic rings. The molecule has 1 saturated heterocycles. The highest BCUT2D eigenvalue weighted by Crippen LogP contribution is 2.24. The van der Waals surface area contributed by atoms with Gasteiger partial charge < -0.3 is 9.88 Å². The Balaban J connectivity index is 1.80. The first-order chi connectivity index (χ1) is 8.79. The zero-order valence-electron chi connectivity index (χ0n) is 9.89. The SMILES string of the molecule is N#CCC1CN(C(=O)c2c[nH]c3ccccc23)C1. The van der Waals surface area contributed by atoms with Crippen LogP contribution in [-0.2, 0) is 0 Å². The monoisotopic (exact) mass is 239 g/mol. The van der Waals surface area contributed by atoms with Crippen molar-refractivity contribution in [2.45, 2.75) is 6.42 Å². The summed E-state index contributed by atoms with van der Waals surface area (Å²) in [7, 11) is 0. The van der Waals surface area contributed by atoms with Gasteiger partial charge in [0.2, 0.25) is 0 Å². The van der Waals surface area contributed by atoms with E-state index in [4.69, 9.17) is 5.26 Å². The van der Waals surface area contributed by atoms with Crippen LogP contribution in [0, 0.1) is 17.2 Å². The Morgan fingerprint density at radius 2 is 2.22 bits per heavy atom. The van der Waals surface area contributed by atoms with E-state index in [9.17, 15) is 4.79 Å². The van der Waals surface area contributed by atoms with Crippen LogP contribution in [0.2, 0.25) is 0 Å². The molecule has 1 aromatic heterocycles. The van der Waals surface area contributed by atoms with Crippen LogP contribution in [0.3, 0.4) is 0 Å². The van der Waals surface area contributed by atoms with Gasteiger partial charge in [-0.2, -0.15) is 5.26 Å². The van der Waals surface area contributed by atoms with Gasteiger partial charge in [-0.25, -0.2) is 0 Å². The van der Waals surface area contributed by atoms with Gasteiger partial charge in [0, 0.05) is 42.5 Å². The Morgan fingerprint density at radius 1 is 1.44 bits per heavy atom. The largest absolute Gasteiger partial charge is 0.360 e. The molecule has 1 aromatic carbocycles. The smallest absolute Gasteiger partial charge is 0.256 e. The summed E-state index contributed by atoms with van der Waals surface area (Å²) in [6.45, 7) is 1.40. The molecular formula is C14H13N3O. The van der Waals surface area contributed by atoms with E-state index in [1.54, 1.807) is 11.1 Å². The van der Waals surface area contributed by atoms with Crippen molar-refractivity contribution in [3.63, 3.8) is 0 Å². The lowest BCUT2D eigenvalue weighted by atomic mass is 9.96. The zero-order chi connectivity index (χ0) is 12.5. The van der Waals surface area contributed by atoms with Gasteiger partial charge >= 0.3 is 0 Å². The molecular weight excluding hydrogens is 226 g/mol. The van der Waals surface area contributed by atoms with Crippen molar-refractivity contribution < 1.29 is 4.79 Å². The van der Waals surface area contributed by atoms with Gasteiger partial charge in [-0.1, -0.05) is 18.2 Å². The van der Waals surface area contributed by atoms with Crippen LogP contribution in [0.5, 0.6) is 0 Å². The normalized spacial score (nSPS) is 15.4. The number of para-hydroxylation sites is 1. The lowest BCUT2D eigenvalue weighted by Gasteiger charge is -2.38. The van der Waals surface area contributed by atoms with Crippen LogP contribution in [-0.4, -0.2) is 28.9 Å². The molecule has 0 bridgehead atoms. The number of hydrogen-bond acceptors (Lipinski definition) is 2. The molecule has 0 unspecified atom stereocenters. The summed E-state index contributed by atoms with van der Waals surface area (Å²) in [5, 5.41) is 9.56. The van der Waals surface area contributed by atoms with Gasteiger partial charge in [0.15, 0.2) is 0 Å². The zero-order valence-corrected chi connectivity index (χ0v) is 9.89. The number of nitrogens with one attached hydrogen (secondary N) is 1. The molecule has 0 aliphatic carbocycles. The highest BCUT2D eigenvalue weighted by Gasteiger charge is 2.31. The second-order valence-corrected chi connectivity index (χ2v) is 4.69. The summed E-state index contributed by atoms with van der Waals surface area (Å²) in [5.41, 5.74) is 1.70. The summed E-state index contributed by atoms with van der Waals surface area (Å²) >= 11 is 0. The van der Waals surface area contributed by atoms with Crippen molar-refractivity contribution in [1.82, 2.24) is 9.88 Å². The predicted octanol–water partition coefficient (Wildman–Crippen LogP) is 2.15. The minimum Gasteiger partial charge on any atom is -0.360 e. The van der Waals surface area contributed by atoms with E-state index < -0.39 is 0 Å². The lowest BCUT2D eigenvalue weighted by molar-refractivity contribution is 0.0510. The molecule has 0 atom stereocenters. The molecule has 0 radical (unpaired) electrons. The maximum Gasteiger partial charge on any atom is 0.256 e. The number of nitriles is 1. The number of hydrogen-bond donors (Lipinski definition) is 1. The molecule has 1 amide bonds. The fourth-order valence-corrected chi connectivity index (χ4v) is 2.41. The second-order valence-electron chi connectivity index (χ2n) is 4.69. The Labute approximate surface area is 105 Å². The number of aromatic nitrogens is 1. The van der Waals surface area contributed by atoms with Gasteiger partial charge in [-0.05, 0) is 6.07 Å².